The van der Waals surface area contributed by atoms with Gasteiger partial charge in [-0.05, 0) is 28.9 Å². The molecule has 0 amide bonds. The number of hydrogen-bond donors (Lipinski definition) is 0. The predicted octanol–water partition coefficient (Wildman–Crippen LogP) is 3.28. The molecule has 0 saturated heterocycles. The summed E-state index contributed by atoms with van der Waals surface area (Å²) in [6.45, 7) is 5.88. The maximum Gasteiger partial charge on any atom is 0.257 e. The van der Waals surface area contributed by atoms with Crippen molar-refractivity contribution < 1.29 is 4.79 Å². The van der Waals surface area contributed by atoms with Gasteiger partial charge < -0.3 is 0 Å². The minimum Gasteiger partial charge on any atom is -0.274 e. The molecule has 4 nitrogen and oxygen atoms in total. The molecule has 0 N–H and O–H groups in total. The highest BCUT2D eigenvalue weighted by Gasteiger charge is 2.10. The fraction of sp³-hybridized carbons (Fsp3) is 0.308. The summed E-state index contributed by atoms with van der Waals surface area (Å²) in [4.78, 5) is 27.6. The van der Waals surface area contributed by atoms with Gasteiger partial charge >= 0.3 is 0 Å². The summed E-state index contributed by atoms with van der Waals surface area (Å²) in [6, 6.07) is 2.97. The first kappa shape index (κ1) is 15.8. The van der Waals surface area contributed by atoms with Gasteiger partial charge in [0.25, 0.3) is 5.56 Å². The highest BCUT2D eigenvalue weighted by atomic mass is 79.9. The molecule has 2 heterocycles. The molecule has 102 valence electrons. The first-order chi connectivity index (χ1) is 9.06. The largest absolute Gasteiger partial charge is 0.274 e. The van der Waals surface area contributed by atoms with E-state index in [9.17, 15) is 9.59 Å². The summed E-state index contributed by atoms with van der Waals surface area (Å²) < 4.78 is 1.79. The van der Waals surface area contributed by atoms with Crippen LogP contribution in [0.4, 0.5) is 0 Å². The van der Waals surface area contributed by atoms with E-state index >= 15 is 0 Å². The van der Waals surface area contributed by atoms with E-state index in [1.54, 1.807) is 6.07 Å². The quantitative estimate of drug-likeness (QED) is 0.841. The van der Waals surface area contributed by atoms with Crippen LogP contribution >= 0.6 is 27.3 Å². The lowest BCUT2D eigenvalue weighted by atomic mass is 10.3. The number of hydrogen-bond acceptors (Lipinski definition) is 4. The Morgan fingerprint density at radius 3 is 2.68 bits per heavy atom. The van der Waals surface area contributed by atoms with Crippen molar-refractivity contribution in [1.29, 1.82) is 0 Å². The Bertz CT molecular complexity index is 619. The van der Waals surface area contributed by atoms with Crippen LogP contribution in [0.5, 0.6) is 0 Å². The smallest absolute Gasteiger partial charge is 0.257 e. The van der Waals surface area contributed by atoms with E-state index in [0.717, 1.165) is 9.57 Å². The lowest BCUT2D eigenvalue weighted by Gasteiger charge is -2.02. The van der Waals surface area contributed by atoms with Gasteiger partial charge in [-0.25, -0.2) is 4.98 Å². The Hall–Kier alpha value is -1.27. The average molecular weight is 343 g/mol. The second kappa shape index (κ2) is 7.35. The zero-order valence-corrected chi connectivity index (χ0v) is 13.4. The Balaban J connectivity index is 0.000000861. The molecule has 0 radical (unpaired) electrons. The van der Waals surface area contributed by atoms with Gasteiger partial charge in [0.1, 0.15) is 0 Å². The van der Waals surface area contributed by atoms with E-state index < -0.39 is 0 Å². The zero-order chi connectivity index (χ0) is 14.4. The standard InChI is InChI=1S/C11H9BrN2O2S.C2H6/c1-7-13-9(6-17-7)4-11(16)14-5-8(12)2-3-10(14)15;1-2/h2-3,5-6H,4H2,1H3;1-2H3. The minimum atomic E-state index is -0.329. The second-order valence-electron chi connectivity index (χ2n) is 3.48. The van der Waals surface area contributed by atoms with Crippen LogP contribution in [0, 0.1) is 6.92 Å². The van der Waals surface area contributed by atoms with Crippen molar-refractivity contribution in [2.75, 3.05) is 0 Å². The maximum absolute atomic E-state index is 11.9. The molecular weight excluding hydrogens is 328 g/mol. The van der Waals surface area contributed by atoms with Gasteiger partial charge in [-0.15, -0.1) is 11.3 Å². The van der Waals surface area contributed by atoms with Crippen molar-refractivity contribution in [1.82, 2.24) is 9.55 Å². The summed E-state index contributed by atoms with van der Waals surface area (Å²) >= 11 is 4.72. The molecule has 2 aromatic heterocycles. The van der Waals surface area contributed by atoms with Crippen molar-refractivity contribution in [3.8, 4) is 0 Å². The summed E-state index contributed by atoms with van der Waals surface area (Å²) in [7, 11) is 0. The second-order valence-corrected chi connectivity index (χ2v) is 5.46. The van der Waals surface area contributed by atoms with Crippen molar-refractivity contribution in [3.63, 3.8) is 0 Å². The predicted molar refractivity (Wildman–Crippen MR) is 80.9 cm³/mol. The Labute approximate surface area is 124 Å². The van der Waals surface area contributed by atoms with Crippen LogP contribution in [0.25, 0.3) is 0 Å². The number of carbonyl (C=O) groups is 1. The first-order valence-corrected chi connectivity index (χ1v) is 7.56. The fourth-order valence-corrected chi connectivity index (χ4v) is 2.34. The SMILES string of the molecule is CC.Cc1nc(CC(=O)n2cc(Br)ccc2=O)cs1. The van der Waals surface area contributed by atoms with E-state index in [1.165, 1.54) is 23.6 Å². The van der Waals surface area contributed by atoms with Crippen molar-refractivity contribution in [2.24, 2.45) is 0 Å². The molecule has 19 heavy (non-hydrogen) atoms. The van der Waals surface area contributed by atoms with Gasteiger partial charge in [-0.3, -0.25) is 14.2 Å². The molecule has 0 aliphatic heterocycles. The van der Waals surface area contributed by atoms with Crippen molar-refractivity contribution >= 4 is 33.2 Å². The monoisotopic (exact) mass is 342 g/mol. The van der Waals surface area contributed by atoms with Gasteiger partial charge in [0, 0.05) is 22.1 Å². The third-order valence-corrected chi connectivity index (χ3v) is 3.43. The van der Waals surface area contributed by atoms with Crippen LogP contribution in [0.2, 0.25) is 0 Å². The molecular formula is C13H15BrN2O2S. The van der Waals surface area contributed by atoms with Gasteiger partial charge in [0.15, 0.2) is 0 Å². The molecule has 0 aliphatic rings. The van der Waals surface area contributed by atoms with Gasteiger partial charge in [-0.2, -0.15) is 0 Å². The van der Waals surface area contributed by atoms with Crippen molar-refractivity contribution in [3.05, 3.63) is 49.2 Å². The van der Waals surface area contributed by atoms with Crippen LogP contribution < -0.4 is 5.56 Å². The van der Waals surface area contributed by atoms with Crippen molar-refractivity contribution in [2.45, 2.75) is 27.2 Å². The Kier molecular flexibility index (Phi) is 6.11. The number of carbonyl (C=O) groups excluding carboxylic acids is 1. The summed E-state index contributed by atoms with van der Waals surface area (Å²) in [5, 5.41) is 2.74. The number of thiazole rings is 1. The van der Waals surface area contributed by atoms with Gasteiger partial charge in [-0.1, -0.05) is 13.8 Å². The topological polar surface area (TPSA) is 52.0 Å². The Morgan fingerprint density at radius 1 is 1.42 bits per heavy atom. The molecule has 2 rings (SSSR count). The highest BCUT2D eigenvalue weighted by molar-refractivity contribution is 9.10. The molecule has 0 aliphatic carbocycles. The first-order valence-electron chi connectivity index (χ1n) is 5.88. The number of aromatic nitrogens is 2. The van der Waals surface area contributed by atoms with Gasteiger partial charge in [0.2, 0.25) is 5.91 Å². The molecule has 0 unspecified atom stereocenters. The lowest BCUT2D eigenvalue weighted by Crippen LogP contribution is -2.26. The molecule has 0 saturated carbocycles. The molecule has 0 spiro atoms. The number of aryl methyl sites for hydroxylation is 1. The van der Waals surface area contributed by atoms with Crippen LogP contribution in [0.1, 0.15) is 29.3 Å². The minimum absolute atomic E-state index is 0.140. The third-order valence-electron chi connectivity index (χ3n) is 2.14. The van der Waals surface area contributed by atoms with E-state index in [1.807, 2.05) is 26.2 Å². The number of halogens is 1. The van der Waals surface area contributed by atoms with Crippen LogP contribution in [0.3, 0.4) is 0 Å². The molecule has 0 aromatic carbocycles. The number of rotatable bonds is 2. The van der Waals surface area contributed by atoms with E-state index in [4.69, 9.17) is 0 Å². The highest BCUT2D eigenvalue weighted by Crippen LogP contribution is 2.10. The van der Waals surface area contributed by atoms with Gasteiger partial charge in [0.05, 0.1) is 17.1 Å². The normalized spacial score (nSPS) is 9.68. The molecule has 0 fully saturated rings. The summed E-state index contributed by atoms with van der Waals surface area (Å²) in [6.07, 6.45) is 1.62. The fourth-order valence-electron chi connectivity index (χ4n) is 1.39. The lowest BCUT2D eigenvalue weighted by molar-refractivity contribution is 0.0908. The Morgan fingerprint density at radius 2 is 2.11 bits per heavy atom. The number of pyridine rings is 1. The maximum atomic E-state index is 11.9. The summed E-state index contributed by atoms with van der Waals surface area (Å²) in [5.74, 6) is -0.276. The van der Waals surface area contributed by atoms with E-state index in [-0.39, 0.29) is 17.9 Å². The van der Waals surface area contributed by atoms with E-state index in [2.05, 4.69) is 20.9 Å². The van der Waals surface area contributed by atoms with Crippen LogP contribution in [0.15, 0.2) is 33.0 Å². The van der Waals surface area contributed by atoms with E-state index in [0.29, 0.717) is 10.2 Å². The number of nitrogens with zero attached hydrogens (tertiary/aromatic N) is 2. The zero-order valence-electron chi connectivity index (χ0n) is 11.0. The summed E-state index contributed by atoms with van der Waals surface area (Å²) in [5.41, 5.74) is 0.370. The molecule has 0 atom stereocenters. The average Bonchev–Trinajstić information content (AvgIpc) is 2.80. The third kappa shape index (κ3) is 4.40. The van der Waals surface area contributed by atoms with Crippen LogP contribution in [-0.4, -0.2) is 15.5 Å². The van der Waals surface area contributed by atoms with Crippen LogP contribution in [-0.2, 0) is 6.42 Å². The molecule has 6 heteroatoms. The molecule has 0 bridgehead atoms. The molecule has 2 aromatic rings.